The summed E-state index contributed by atoms with van der Waals surface area (Å²) >= 11 is 0. The van der Waals surface area contributed by atoms with Crippen molar-refractivity contribution < 1.29 is 0 Å². The van der Waals surface area contributed by atoms with Gasteiger partial charge in [0.15, 0.2) is 0 Å². The molecule has 7 aliphatic carbocycles. The van der Waals surface area contributed by atoms with Crippen molar-refractivity contribution in [1.82, 2.24) is 0 Å². The SMILES string of the molecule is CC1(C)c2cc(N(c3ccc4c(c3)C(C)(C)C(C)(C)c3ccccc3-4)c3ccc4ccccc4c3)ccc2-c2c1ccc1ccccc21.CC1(C)c2ccccc2-c2c1cc1ccccc1c2N(c1ccccc1)c1ccc2c(c1)C(C)(C)C(C)(C)c1ccccc1-2.CC1(C)c2ccccc2-c2ccc(N(c3ccc4c(c3)C(C)(C)c3ccc5ccccc5c3-4)c3ccc4c(c3)C(C)(C)C(C)(C)c3ccccc3-4)cc21. The normalized spacial score (nSPS) is 16.7. The number of anilines is 9. The quantitative estimate of drug-likeness (QED) is 0.143. The predicted octanol–water partition coefficient (Wildman–Crippen LogP) is 39.0. The standard InChI is InChI=1S/C52H47N.C47H41N.C43H39N/c1-49(2)42-19-13-11-17-37(42)39-25-22-33(29-45(39)49)53(35-23-26-40-38-18-12-14-20-43(38)51(5,6)52(7,8)47(40)31-35)34-24-27-41-46(30-34)50(3,4)44-28-21-32-15-9-10-16-36(32)48(41)44;1-45(2)41-26-20-31-14-9-10-16-36(31)44(41)39-25-23-34(28-42(39)45)48(33-21-19-30-13-7-8-15-32(30)27-33)35-22-24-38-37-17-11-12-18-40(37)46(3,4)47(5,6)43(38)29-35;1-41(2)35-22-14-13-21-34(35)39-38(41)26-28-16-10-11-19-31(28)40(39)44(29-17-8-7-9-18-29)30-24-25-33-32-20-12-15-23-36(32)42(3,4)43(5,6)37(33)27-30/h9-31H,1-8H3;7-29H,1-6H3;7-27H,1-6H3. The van der Waals surface area contributed by atoms with E-state index >= 15 is 0 Å². The molecule has 0 spiro atoms. The second kappa shape index (κ2) is 32.2. The Morgan fingerprint density at radius 3 is 0.814 bits per heavy atom. The summed E-state index contributed by atoms with van der Waals surface area (Å²) in [5.41, 5.74) is 48.5. The number of fused-ring (bicyclic) bond motifs is 27. The summed E-state index contributed by atoms with van der Waals surface area (Å²) in [7, 11) is 0. The molecule has 7 aliphatic rings. The highest BCUT2D eigenvalue weighted by Gasteiger charge is 2.51. The van der Waals surface area contributed by atoms with E-state index in [-0.39, 0.29) is 54.1 Å². The van der Waals surface area contributed by atoms with E-state index in [0.717, 1.165) is 0 Å². The fourth-order valence-electron chi connectivity index (χ4n) is 27.1. The maximum atomic E-state index is 2.53. The van der Waals surface area contributed by atoms with Crippen LogP contribution in [0.5, 0.6) is 0 Å². The average molecular weight is 1880 g/mol. The fourth-order valence-corrected chi connectivity index (χ4v) is 27.1. The highest BCUT2D eigenvalue weighted by molar-refractivity contribution is 6.11. The Bertz CT molecular complexity index is 8830. The van der Waals surface area contributed by atoms with E-state index in [1.54, 1.807) is 0 Å². The third-order valence-corrected chi connectivity index (χ3v) is 37.4. The van der Waals surface area contributed by atoms with Gasteiger partial charge in [-0.15, -0.1) is 0 Å². The molecule has 0 atom stereocenters. The summed E-state index contributed by atoms with van der Waals surface area (Å²) in [4.78, 5) is 7.54. The highest BCUT2D eigenvalue weighted by atomic mass is 15.2. The Hall–Kier alpha value is -15.2. The van der Waals surface area contributed by atoms with Gasteiger partial charge in [0.25, 0.3) is 0 Å². The van der Waals surface area contributed by atoms with Gasteiger partial charge in [0.1, 0.15) is 0 Å². The van der Waals surface area contributed by atoms with Crippen molar-refractivity contribution in [2.24, 2.45) is 0 Å². The number of para-hydroxylation sites is 1. The number of rotatable bonds is 9. The van der Waals surface area contributed by atoms with Crippen molar-refractivity contribution in [3.63, 3.8) is 0 Å². The Kier molecular flexibility index (Phi) is 20.2. The van der Waals surface area contributed by atoms with Crippen molar-refractivity contribution in [2.45, 2.75) is 193 Å². The number of nitrogens with zero attached hydrogens (tertiary/aromatic N) is 3. The van der Waals surface area contributed by atoms with E-state index in [4.69, 9.17) is 0 Å². The van der Waals surface area contributed by atoms with Gasteiger partial charge in [-0.3, -0.25) is 0 Å². The molecule has 0 aliphatic heterocycles. The zero-order valence-electron chi connectivity index (χ0n) is 87.5. The molecule has 0 radical (unpaired) electrons. The third kappa shape index (κ3) is 13.2. The molecule has 0 heterocycles. The Morgan fingerprint density at radius 2 is 0.386 bits per heavy atom. The minimum absolute atomic E-state index is 0.0313. The molecule has 710 valence electrons. The van der Waals surface area contributed by atoms with Gasteiger partial charge in [-0.2, -0.15) is 0 Å². The lowest BCUT2D eigenvalue weighted by atomic mass is 9.55. The Labute approximate surface area is 857 Å². The molecule has 0 N–H and O–H groups in total. The molecule has 27 rings (SSSR count). The maximum Gasteiger partial charge on any atom is 0.0621 e. The molecule has 3 nitrogen and oxygen atoms in total. The van der Waals surface area contributed by atoms with E-state index in [1.165, 1.54) is 250 Å². The van der Waals surface area contributed by atoms with Crippen LogP contribution >= 0.6 is 0 Å². The van der Waals surface area contributed by atoms with E-state index in [1.807, 2.05) is 0 Å². The lowest BCUT2D eigenvalue weighted by Gasteiger charge is -2.48. The number of hydrogen-bond donors (Lipinski definition) is 0. The van der Waals surface area contributed by atoms with Crippen LogP contribution in [0.1, 0.15) is 216 Å². The molecule has 0 amide bonds. The van der Waals surface area contributed by atoms with Gasteiger partial charge in [0.2, 0.25) is 0 Å². The predicted molar refractivity (Wildman–Crippen MR) is 618 cm³/mol. The summed E-state index contributed by atoms with van der Waals surface area (Å²) in [5, 5.41) is 10.3. The van der Waals surface area contributed by atoms with Crippen LogP contribution in [0.15, 0.2) is 406 Å². The molecule has 0 fully saturated rings. The first-order chi connectivity index (χ1) is 69.5. The van der Waals surface area contributed by atoms with Gasteiger partial charge in [-0.1, -0.05) is 442 Å². The van der Waals surface area contributed by atoms with Gasteiger partial charge in [0, 0.05) is 78.1 Å². The molecule has 20 aromatic carbocycles. The molecule has 3 heteroatoms. The average Bonchev–Trinajstić information content (AvgIpc) is 1.56. The first-order valence-corrected chi connectivity index (χ1v) is 52.4. The van der Waals surface area contributed by atoms with Gasteiger partial charge in [0.05, 0.1) is 5.69 Å². The van der Waals surface area contributed by atoms with Crippen molar-refractivity contribution in [1.29, 1.82) is 0 Å². The largest absolute Gasteiger partial charge is 0.310 e. The van der Waals surface area contributed by atoms with Crippen molar-refractivity contribution in [3.8, 4) is 77.9 Å². The third-order valence-electron chi connectivity index (χ3n) is 37.4. The zero-order chi connectivity index (χ0) is 100. The Morgan fingerprint density at radius 1 is 0.131 bits per heavy atom. The molecule has 20 aromatic rings. The minimum Gasteiger partial charge on any atom is -0.310 e. The molecular weight excluding hydrogens is 1750 g/mol. The first kappa shape index (κ1) is 91.1. The lowest BCUT2D eigenvalue weighted by Crippen LogP contribution is -2.43. The summed E-state index contributed by atoms with van der Waals surface area (Å²) in [6, 6.07) is 153. The second-order valence-corrected chi connectivity index (χ2v) is 47.5. The number of hydrogen-bond acceptors (Lipinski definition) is 3. The van der Waals surface area contributed by atoms with Crippen molar-refractivity contribution in [2.75, 3.05) is 14.7 Å². The van der Waals surface area contributed by atoms with Crippen LogP contribution in [0.25, 0.3) is 121 Å². The molecular formula is C142H127N3. The highest BCUT2D eigenvalue weighted by Crippen LogP contribution is 2.65. The van der Waals surface area contributed by atoms with Crippen molar-refractivity contribution >= 4 is 94.3 Å². The van der Waals surface area contributed by atoms with Crippen LogP contribution in [0.4, 0.5) is 51.2 Å². The maximum absolute atomic E-state index is 2.53. The molecule has 145 heavy (non-hydrogen) atoms. The van der Waals surface area contributed by atoms with E-state index in [9.17, 15) is 0 Å². The summed E-state index contributed by atoms with van der Waals surface area (Å²) in [5.74, 6) is 0. The van der Waals surface area contributed by atoms with Crippen LogP contribution < -0.4 is 14.7 Å². The van der Waals surface area contributed by atoms with Crippen LogP contribution in [0.3, 0.4) is 0 Å². The zero-order valence-corrected chi connectivity index (χ0v) is 87.5. The van der Waals surface area contributed by atoms with Gasteiger partial charge >= 0.3 is 0 Å². The molecule has 0 bridgehead atoms. The monoisotopic (exact) mass is 1870 g/mol. The van der Waals surface area contributed by atoms with Crippen LogP contribution in [-0.4, -0.2) is 0 Å². The van der Waals surface area contributed by atoms with Gasteiger partial charge < -0.3 is 14.7 Å². The van der Waals surface area contributed by atoms with Crippen LogP contribution in [0, 0.1) is 0 Å². The van der Waals surface area contributed by atoms with Gasteiger partial charge in [-0.25, -0.2) is 0 Å². The smallest absolute Gasteiger partial charge is 0.0621 e. The van der Waals surface area contributed by atoms with Gasteiger partial charge in [-0.05, 0) is 324 Å². The Balaban J connectivity index is 0.000000114. The van der Waals surface area contributed by atoms with Crippen LogP contribution in [-0.2, 0) is 54.1 Å². The second-order valence-electron chi connectivity index (χ2n) is 47.5. The van der Waals surface area contributed by atoms with Crippen LogP contribution in [0.2, 0.25) is 0 Å². The molecule has 0 aromatic heterocycles. The topological polar surface area (TPSA) is 9.72 Å². The lowest BCUT2D eigenvalue weighted by molar-refractivity contribution is 0.299. The van der Waals surface area contributed by atoms with Crippen molar-refractivity contribution in [3.05, 3.63) is 484 Å². The first-order valence-electron chi connectivity index (χ1n) is 52.4. The summed E-state index contributed by atoms with van der Waals surface area (Å²) < 4.78 is 0. The minimum atomic E-state index is -0.135. The summed E-state index contributed by atoms with van der Waals surface area (Å²) in [6.45, 7) is 48.1. The van der Waals surface area contributed by atoms with E-state index in [0.29, 0.717) is 0 Å². The fraction of sp³-hybridized carbons (Fsp3) is 0.211. The summed E-state index contributed by atoms with van der Waals surface area (Å²) in [6.07, 6.45) is 0. The van der Waals surface area contributed by atoms with E-state index in [2.05, 4.69) is 560 Å². The number of benzene rings is 20. The molecule has 0 saturated heterocycles. The molecule has 0 unspecified atom stereocenters. The van der Waals surface area contributed by atoms with E-state index < -0.39 is 0 Å². The molecule has 0 saturated carbocycles.